The molecular weight excluding hydrogens is 298 g/mol. The number of carboxylic acids is 1. The molecule has 2 aromatic rings. The van der Waals surface area contributed by atoms with E-state index in [1.165, 1.54) is 17.7 Å². The van der Waals surface area contributed by atoms with Gasteiger partial charge in [0.15, 0.2) is 0 Å². The fourth-order valence-corrected chi connectivity index (χ4v) is 3.62. The number of amides is 1. The van der Waals surface area contributed by atoms with Crippen molar-refractivity contribution in [1.82, 2.24) is 0 Å². The summed E-state index contributed by atoms with van der Waals surface area (Å²) < 4.78 is 0. The molecule has 1 amide bonds. The number of hydrogen-bond acceptors (Lipinski definition) is 3. The number of carbonyl (C=O) groups excluding carboxylic acids is 1. The highest BCUT2D eigenvalue weighted by atomic mass is 32.2. The Hall–Kier alpha value is -2.27. The highest BCUT2D eigenvalue weighted by molar-refractivity contribution is 8.00. The first-order valence-electron chi connectivity index (χ1n) is 6.90. The van der Waals surface area contributed by atoms with Crippen LogP contribution < -0.4 is 4.90 Å². The van der Waals surface area contributed by atoms with E-state index in [0.717, 1.165) is 11.3 Å². The number of thioether (sulfide) groups is 1. The summed E-state index contributed by atoms with van der Waals surface area (Å²) in [6.07, 6.45) is 0. The summed E-state index contributed by atoms with van der Waals surface area (Å²) in [6.45, 7) is 2.03. The minimum atomic E-state index is -0.969. The Labute approximate surface area is 132 Å². The molecule has 1 saturated heterocycles. The molecule has 1 aliphatic heterocycles. The van der Waals surface area contributed by atoms with Crippen LogP contribution in [-0.2, 0) is 4.79 Å². The summed E-state index contributed by atoms with van der Waals surface area (Å²) in [7, 11) is 0. The summed E-state index contributed by atoms with van der Waals surface area (Å²) >= 11 is 1.58. The van der Waals surface area contributed by atoms with Crippen LogP contribution in [0.15, 0.2) is 48.5 Å². The summed E-state index contributed by atoms with van der Waals surface area (Å²) in [4.78, 5) is 24.9. The third kappa shape index (κ3) is 2.72. The standard InChI is InChI=1S/C17H15NO3S/c1-11-2-4-12(5-3-11)16-18(15(19)10-22-16)14-8-6-13(7-9-14)17(20)21/h2-9,16H,10H2,1H3,(H,20,21). The van der Waals surface area contributed by atoms with Crippen LogP contribution in [0.2, 0.25) is 0 Å². The molecule has 0 aromatic heterocycles. The van der Waals surface area contributed by atoms with E-state index < -0.39 is 5.97 Å². The van der Waals surface area contributed by atoms with E-state index in [0.29, 0.717) is 5.75 Å². The molecule has 2 aromatic carbocycles. The van der Waals surface area contributed by atoms with Gasteiger partial charge in [0.1, 0.15) is 5.37 Å². The number of anilines is 1. The second kappa shape index (κ2) is 5.85. The van der Waals surface area contributed by atoms with Gasteiger partial charge in [-0.2, -0.15) is 0 Å². The van der Waals surface area contributed by atoms with Gasteiger partial charge in [0.25, 0.3) is 0 Å². The van der Waals surface area contributed by atoms with Gasteiger partial charge in [0, 0.05) is 5.69 Å². The van der Waals surface area contributed by atoms with Crippen LogP contribution in [-0.4, -0.2) is 22.7 Å². The van der Waals surface area contributed by atoms with E-state index in [2.05, 4.69) is 0 Å². The first-order valence-corrected chi connectivity index (χ1v) is 7.95. The fourth-order valence-electron chi connectivity index (χ4n) is 2.45. The first kappa shape index (κ1) is 14.7. The van der Waals surface area contributed by atoms with E-state index in [1.807, 2.05) is 31.2 Å². The van der Waals surface area contributed by atoms with Gasteiger partial charge in [-0.1, -0.05) is 29.8 Å². The van der Waals surface area contributed by atoms with Gasteiger partial charge in [-0.25, -0.2) is 4.79 Å². The number of carboxylic acid groups (broad SMARTS) is 1. The number of carbonyl (C=O) groups is 2. The molecule has 1 fully saturated rings. The number of nitrogens with zero attached hydrogens (tertiary/aromatic N) is 1. The van der Waals surface area contributed by atoms with Gasteiger partial charge in [-0.3, -0.25) is 9.69 Å². The van der Waals surface area contributed by atoms with E-state index in [9.17, 15) is 9.59 Å². The van der Waals surface area contributed by atoms with Crippen molar-refractivity contribution in [3.05, 3.63) is 65.2 Å². The predicted molar refractivity (Wildman–Crippen MR) is 87.3 cm³/mol. The van der Waals surface area contributed by atoms with Crippen LogP contribution in [0, 0.1) is 6.92 Å². The molecular formula is C17H15NO3S. The van der Waals surface area contributed by atoms with Crippen LogP contribution in [0.1, 0.15) is 26.9 Å². The van der Waals surface area contributed by atoms with Gasteiger partial charge in [0.05, 0.1) is 11.3 Å². The van der Waals surface area contributed by atoms with Gasteiger partial charge in [0.2, 0.25) is 5.91 Å². The van der Waals surface area contributed by atoms with Crippen molar-refractivity contribution in [1.29, 1.82) is 0 Å². The molecule has 1 heterocycles. The zero-order valence-electron chi connectivity index (χ0n) is 12.0. The van der Waals surface area contributed by atoms with Crippen LogP contribution in [0.5, 0.6) is 0 Å². The molecule has 0 spiro atoms. The molecule has 5 heteroatoms. The molecule has 22 heavy (non-hydrogen) atoms. The Bertz CT molecular complexity index is 710. The quantitative estimate of drug-likeness (QED) is 0.942. The van der Waals surface area contributed by atoms with Crippen molar-refractivity contribution in [3.63, 3.8) is 0 Å². The van der Waals surface area contributed by atoms with E-state index in [4.69, 9.17) is 5.11 Å². The first-order chi connectivity index (χ1) is 10.6. The van der Waals surface area contributed by atoms with Crippen LogP contribution >= 0.6 is 11.8 Å². The average molecular weight is 313 g/mol. The molecule has 1 aliphatic rings. The van der Waals surface area contributed by atoms with Crippen molar-refractivity contribution < 1.29 is 14.7 Å². The highest BCUT2D eigenvalue weighted by Crippen LogP contribution is 2.41. The predicted octanol–water partition coefficient (Wildman–Crippen LogP) is 3.47. The molecule has 4 nitrogen and oxygen atoms in total. The Kier molecular flexibility index (Phi) is 3.90. The lowest BCUT2D eigenvalue weighted by Crippen LogP contribution is -2.27. The van der Waals surface area contributed by atoms with E-state index in [-0.39, 0.29) is 16.8 Å². The molecule has 0 aliphatic carbocycles. The molecule has 0 radical (unpaired) electrons. The smallest absolute Gasteiger partial charge is 0.335 e. The van der Waals surface area contributed by atoms with Crippen LogP contribution in [0.25, 0.3) is 0 Å². The number of rotatable bonds is 3. The summed E-state index contributed by atoms with van der Waals surface area (Å²) in [5.74, 6) is -0.499. The molecule has 3 rings (SSSR count). The maximum Gasteiger partial charge on any atom is 0.335 e. The summed E-state index contributed by atoms with van der Waals surface area (Å²) in [5, 5.41) is 8.90. The maximum absolute atomic E-state index is 12.2. The SMILES string of the molecule is Cc1ccc(C2SCC(=O)N2c2ccc(C(=O)O)cc2)cc1. The Morgan fingerprint density at radius 1 is 1.14 bits per heavy atom. The monoisotopic (exact) mass is 313 g/mol. The van der Waals surface area contributed by atoms with Crippen LogP contribution in [0.4, 0.5) is 5.69 Å². The van der Waals surface area contributed by atoms with Crippen molar-refractivity contribution in [3.8, 4) is 0 Å². The zero-order valence-corrected chi connectivity index (χ0v) is 12.8. The third-order valence-electron chi connectivity index (χ3n) is 3.62. The number of hydrogen-bond donors (Lipinski definition) is 1. The second-order valence-electron chi connectivity index (χ2n) is 5.19. The fraction of sp³-hybridized carbons (Fsp3) is 0.176. The Morgan fingerprint density at radius 2 is 1.77 bits per heavy atom. The maximum atomic E-state index is 12.2. The summed E-state index contributed by atoms with van der Waals surface area (Å²) in [6, 6.07) is 14.6. The average Bonchev–Trinajstić information content (AvgIpc) is 2.90. The minimum Gasteiger partial charge on any atom is -0.478 e. The van der Waals surface area contributed by atoms with Gasteiger partial charge in [-0.15, -0.1) is 11.8 Å². The molecule has 0 bridgehead atoms. The van der Waals surface area contributed by atoms with Crippen LogP contribution in [0.3, 0.4) is 0 Å². The lowest BCUT2D eigenvalue weighted by atomic mass is 10.1. The Morgan fingerprint density at radius 3 is 2.36 bits per heavy atom. The highest BCUT2D eigenvalue weighted by Gasteiger charge is 2.33. The van der Waals surface area contributed by atoms with Gasteiger partial charge in [-0.05, 0) is 36.8 Å². The molecule has 1 unspecified atom stereocenters. The number of aryl methyl sites for hydroxylation is 1. The second-order valence-corrected chi connectivity index (χ2v) is 6.26. The zero-order chi connectivity index (χ0) is 15.7. The normalized spacial score (nSPS) is 17.8. The van der Waals surface area contributed by atoms with Crippen molar-refractivity contribution in [2.24, 2.45) is 0 Å². The lowest BCUT2D eigenvalue weighted by Gasteiger charge is -2.24. The molecule has 112 valence electrons. The van der Waals surface area contributed by atoms with Gasteiger partial charge < -0.3 is 5.11 Å². The third-order valence-corrected chi connectivity index (χ3v) is 4.84. The largest absolute Gasteiger partial charge is 0.478 e. The van der Waals surface area contributed by atoms with Crippen molar-refractivity contribution >= 4 is 29.3 Å². The number of benzene rings is 2. The van der Waals surface area contributed by atoms with Crippen molar-refractivity contribution in [2.45, 2.75) is 12.3 Å². The van der Waals surface area contributed by atoms with Crippen molar-refractivity contribution in [2.75, 3.05) is 10.7 Å². The lowest BCUT2D eigenvalue weighted by molar-refractivity contribution is -0.115. The topological polar surface area (TPSA) is 57.6 Å². The van der Waals surface area contributed by atoms with E-state index >= 15 is 0 Å². The number of aromatic carboxylic acids is 1. The van der Waals surface area contributed by atoms with Gasteiger partial charge >= 0.3 is 5.97 Å². The van der Waals surface area contributed by atoms with E-state index in [1.54, 1.807) is 28.8 Å². The summed E-state index contributed by atoms with van der Waals surface area (Å²) in [5.41, 5.74) is 3.19. The minimum absolute atomic E-state index is 0.0404. The molecule has 0 saturated carbocycles. The molecule has 1 N–H and O–H groups in total. The molecule has 1 atom stereocenters. The Balaban J connectivity index is 1.93.